The molecule has 0 atom stereocenters. The van der Waals surface area contributed by atoms with E-state index in [1.165, 1.54) is 12.4 Å². The Kier molecular flexibility index (Phi) is 8.74. The Balaban J connectivity index is 0.000000394. The average Bonchev–Trinajstić information content (AvgIpc) is 2.44. The molecule has 1 heterocycles. The lowest BCUT2D eigenvalue weighted by Gasteiger charge is -1.94. The number of ketones is 1. The third-order valence-electron chi connectivity index (χ3n) is 2.20. The van der Waals surface area contributed by atoms with Crippen molar-refractivity contribution in [1.29, 1.82) is 0 Å². The third-order valence-corrected chi connectivity index (χ3v) is 2.20. The fraction of sp³-hybridized carbons (Fsp3) is 0.308. The van der Waals surface area contributed by atoms with Gasteiger partial charge in [0, 0.05) is 30.8 Å². The van der Waals surface area contributed by atoms with Gasteiger partial charge in [-0.3, -0.25) is 24.2 Å². The summed E-state index contributed by atoms with van der Waals surface area (Å²) in [6, 6.07) is 3.14. The highest BCUT2D eigenvalue weighted by Crippen LogP contribution is 1.98. The minimum atomic E-state index is -1.04. The van der Waals surface area contributed by atoms with E-state index in [0.29, 0.717) is 5.56 Å². The highest BCUT2D eigenvalue weighted by atomic mass is 16.4. The van der Waals surface area contributed by atoms with Crippen LogP contribution < -0.4 is 5.73 Å². The van der Waals surface area contributed by atoms with E-state index in [1.54, 1.807) is 12.1 Å². The number of carboxylic acid groups (broad SMARTS) is 2. The quantitative estimate of drug-likeness (QED) is 0.662. The molecule has 1 amide bonds. The second-order valence-electron chi connectivity index (χ2n) is 3.93. The van der Waals surface area contributed by atoms with Crippen molar-refractivity contribution in [3.8, 4) is 0 Å². The van der Waals surface area contributed by atoms with Crippen molar-refractivity contribution in [3.63, 3.8) is 0 Å². The van der Waals surface area contributed by atoms with Crippen molar-refractivity contribution >= 4 is 23.6 Å². The maximum absolute atomic E-state index is 10.7. The molecule has 1 aromatic rings. The number of nitrogens with two attached hydrogens (primary N) is 1. The van der Waals surface area contributed by atoms with Crippen molar-refractivity contribution in [2.75, 3.05) is 0 Å². The minimum Gasteiger partial charge on any atom is -0.481 e. The van der Waals surface area contributed by atoms with Gasteiger partial charge in [0.15, 0.2) is 0 Å². The monoisotopic (exact) mass is 296 g/mol. The topological polar surface area (TPSA) is 148 Å². The molecule has 0 aliphatic heterocycles. The van der Waals surface area contributed by atoms with Crippen LogP contribution in [0.4, 0.5) is 0 Å². The zero-order chi connectivity index (χ0) is 16.3. The fourth-order valence-corrected chi connectivity index (χ4v) is 1.13. The smallest absolute Gasteiger partial charge is 0.303 e. The van der Waals surface area contributed by atoms with Crippen molar-refractivity contribution in [2.45, 2.75) is 25.7 Å². The molecule has 0 aliphatic carbocycles. The molecule has 114 valence electrons. The number of pyridine rings is 1. The first-order chi connectivity index (χ1) is 9.82. The minimum absolute atomic E-state index is 0.0807. The number of amides is 1. The summed E-state index contributed by atoms with van der Waals surface area (Å²) < 4.78 is 0. The summed E-state index contributed by atoms with van der Waals surface area (Å²) in [7, 11) is 0. The molecular formula is C13H16N2O6. The van der Waals surface area contributed by atoms with Crippen molar-refractivity contribution in [2.24, 2.45) is 5.73 Å². The van der Waals surface area contributed by atoms with Gasteiger partial charge in [0.05, 0.1) is 12.8 Å². The lowest BCUT2D eigenvalue weighted by atomic mass is 10.1. The van der Waals surface area contributed by atoms with Crippen molar-refractivity contribution in [1.82, 2.24) is 4.98 Å². The van der Waals surface area contributed by atoms with E-state index in [2.05, 4.69) is 4.98 Å². The Morgan fingerprint density at radius 3 is 1.62 bits per heavy atom. The van der Waals surface area contributed by atoms with Gasteiger partial charge in [-0.2, -0.15) is 0 Å². The van der Waals surface area contributed by atoms with E-state index in [4.69, 9.17) is 15.9 Å². The molecule has 8 heteroatoms. The lowest BCUT2D eigenvalue weighted by molar-refractivity contribution is -0.139. The largest absolute Gasteiger partial charge is 0.481 e. The van der Waals surface area contributed by atoms with Gasteiger partial charge in [0.25, 0.3) is 0 Å². The summed E-state index contributed by atoms with van der Waals surface area (Å²) in [5.74, 6) is -2.82. The van der Waals surface area contributed by atoms with Crippen LogP contribution in [0, 0.1) is 0 Å². The molecule has 8 nitrogen and oxygen atoms in total. The van der Waals surface area contributed by atoms with Gasteiger partial charge < -0.3 is 15.9 Å². The van der Waals surface area contributed by atoms with E-state index in [0.717, 1.165) is 0 Å². The van der Waals surface area contributed by atoms with E-state index in [9.17, 15) is 19.2 Å². The van der Waals surface area contributed by atoms with Crippen molar-refractivity contribution < 1.29 is 29.4 Å². The predicted octanol–water partition coefficient (Wildman–Crippen LogP) is 0.466. The maximum Gasteiger partial charge on any atom is 0.303 e. The zero-order valence-corrected chi connectivity index (χ0v) is 11.2. The van der Waals surface area contributed by atoms with Crippen LogP contribution in [0.25, 0.3) is 0 Å². The van der Waals surface area contributed by atoms with Crippen LogP contribution in [-0.2, 0) is 14.4 Å². The van der Waals surface area contributed by atoms with Gasteiger partial charge >= 0.3 is 11.9 Å². The van der Waals surface area contributed by atoms with E-state index in [-0.39, 0.29) is 31.5 Å². The zero-order valence-electron chi connectivity index (χ0n) is 11.2. The predicted molar refractivity (Wildman–Crippen MR) is 71.5 cm³/mol. The van der Waals surface area contributed by atoms with Gasteiger partial charge in [-0.15, -0.1) is 0 Å². The van der Waals surface area contributed by atoms with Gasteiger partial charge in [-0.05, 0) is 12.1 Å². The second kappa shape index (κ2) is 10.1. The Hall–Kier alpha value is -2.77. The summed E-state index contributed by atoms with van der Waals surface area (Å²) in [6.07, 6.45) is 2.45. The first-order valence-corrected chi connectivity index (χ1v) is 5.98. The fourth-order valence-electron chi connectivity index (χ4n) is 1.13. The Morgan fingerprint density at radius 2 is 1.33 bits per heavy atom. The summed E-state index contributed by atoms with van der Waals surface area (Å²) in [6.45, 7) is 0. The van der Waals surface area contributed by atoms with Crippen LogP contribution >= 0.6 is 0 Å². The van der Waals surface area contributed by atoms with Gasteiger partial charge in [0.1, 0.15) is 5.78 Å². The van der Waals surface area contributed by atoms with E-state index < -0.39 is 17.8 Å². The van der Waals surface area contributed by atoms with Crippen LogP contribution in [-0.4, -0.2) is 38.8 Å². The Morgan fingerprint density at radius 1 is 0.905 bits per heavy atom. The highest BCUT2D eigenvalue weighted by Gasteiger charge is 2.07. The molecule has 0 bridgehead atoms. The number of primary amides is 1. The van der Waals surface area contributed by atoms with E-state index >= 15 is 0 Å². The number of carbonyl (C=O) groups is 4. The standard InChI is InChI=1S/C7H10O5.C6H6N2O/c8-5(1-3-6(9)10)2-4-7(11)12;7-6(9)5-1-3-8-4-2-5/h1-4H2,(H,9,10)(H,11,12);1-4H,(H2,7,9). The van der Waals surface area contributed by atoms with Gasteiger partial charge in [0.2, 0.25) is 5.91 Å². The average molecular weight is 296 g/mol. The van der Waals surface area contributed by atoms with Crippen LogP contribution in [0.2, 0.25) is 0 Å². The normalized spacial score (nSPS) is 9.14. The summed E-state index contributed by atoms with van der Waals surface area (Å²) in [5.41, 5.74) is 5.44. The molecule has 0 spiro atoms. The molecule has 0 saturated heterocycles. The molecule has 4 N–H and O–H groups in total. The summed E-state index contributed by atoms with van der Waals surface area (Å²) in [4.78, 5) is 44.8. The SMILES string of the molecule is NC(=O)c1ccncc1.O=C(O)CCC(=O)CCC(=O)O. The number of Topliss-reactive ketones (excluding diaryl/α,β-unsaturated/α-hetero) is 1. The molecule has 1 rings (SSSR count). The molecule has 0 saturated carbocycles. The highest BCUT2D eigenvalue weighted by molar-refractivity contribution is 5.92. The molecule has 0 unspecified atom stereocenters. The van der Waals surface area contributed by atoms with Crippen molar-refractivity contribution in [3.05, 3.63) is 30.1 Å². The van der Waals surface area contributed by atoms with E-state index in [1.807, 2.05) is 0 Å². The van der Waals surface area contributed by atoms with Gasteiger partial charge in [-0.25, -0.2) is 0 Å². The summed E-state index contributed by atoms with van der Waals surface area (Å²) >= 11 is 0. The first-order valence-electron chi connectivity index (χ1n) is 5.98. The molecule has 1 aromatic heterocycles. The Labute approximate surface area is 120 Å². The maximum atomic E-state index is 10.7. The van der Waals surface area contributed by atoms with Gasteiger partial charge in [-0.1, -0.05) is 0 Å². The number of hydrogen-bond acceptors (Lipinski definition) is 5. The van der Waals surface area contributed by atoms with Crippen LogP contribution in [0.3, 0.4) is 0 Å². The molecule has 0 aliphatic rings. The van der Waals surface area contributed by atoms with Crippen LogP contribution in [0.5, 0.6) is 0 Å². The molecule has 0 radical (unpaired) electrons. The lowest BCUT2D eigenvalue weighted by Crippen LogP contribution is -2.10. The number of nitrogens with zero attached hydrogens (tertiary/aromatic N) is 1. The summed E-state index contributed by atoms with van der Waals surface area (Å²) in [5, 5.41) is 16.3. The number of aliphatic carboxylic acids is 2. The third kappa shape index (κ3) is 10.8. The molecular weight excluding hydrogens is 280 g/mol. The number of aromatic nitrogens is 1. The number of hydrogen-bond donors (Lipinski definition) is 3. The molecule has 21 heavy (non-hydrogen) atoms. The van der Waals surface area contributed by atoms with Crippen LogP contribution in [0.15, 0.2) is 24.5 Å². The first kappa shape index (κ1) is 18.2. The number of carboxylic acids is 2. The van der Waals surface area contributed by atoms with Crippen LogP contribution in [0.1, 0.15) is 36.0 Å². The Bertz CT molecular complexity index is 481. The second-order valence-corrected chi connectivity index (χ2v) is 3.93. The number of carbonyl (C=O) groups excluding carboxylic acids is 2. The number of rotatable bonds is 7. The molecule has 0 fully saturated rings. The molecule has 0 aromatic carbocycles.